The van der Waals surface area contributed by atoms with E-state index in [1.165, 1.54) is 4.88 Å². The lowest BCUT2D eigenvalue weighted by Gasteiger charge is -2.21. The first-order valence-electron chi connectivity index (χ1n) is 7.81. The average molecular weight is 359 g/mol. The number of amides is 1. The van der Waals surface area contributed by atoms with Gasteiger partial charge in [0.15, 0.2) is 11.5 Å². The number of rotatable bonds is 3. The zero-order chi connectivity index (χ0) is 16.7. The summed E-state index contributed by atoms with van der Waals surface area (Å²) >= 11 is 7.78. The van der Waals surface area contributed by atoms with Crippen LogP contribution < -0.4 is 4.90 Å². The average Bonchev–Trinajstić information content (AvgIpc) is 3.21. The number of aromatic nitrogens is 1. The summed E-state index contributed by atoms with van der Waals surface area (Å²) in [5.41, 5.74) is 3.15. The quantitative estimate of drug-likeness (QED) is 0.674. The maximum Gasteiger partial charge on any atom is 0.280 e. The zero-order valence-corrected chi connectivity index (χ0v) is 14.7. The van der Waals surface area contributed by atoms with Gasteiger partial charge in [-0.3, -0.25) is 4.79 Å². The molecule has 0 N–H and O–H groups in total. The molecule has 1 aliphatic rings. The molecular formula is C18H15ClN2O2S. The number of fused-ring (bicyclic) bond motifs is 3. The molecule has 0 atom stereocenters. The minimum absolute atomic E-state index is 0.150. The molecule has 2 heterocycles. The van der Waals surface area contributed by atoms with E-state index in [4.69, 9.17) is 16.1 Å². The van der Waals surface area contributed by atoms with Gasteiger partial charge < -0.3 is 9.42 Å². The molecular weight excluding hydrogens is 344 g/mol. The molecule has 0 bridgehead atoms. The van der Waals surface area contributed by atoms with Crippen molar-refractivity contribution in [2.45, 2.75) is 19.8 Å². The Labute approximate surface area is 148 Å². The monoisotopic (exact) mass is 358 g/mol. The topological polar surface area (TPSA) is 46.3 Å². The van der Waals surface area contributed by atoms with Crippen LogP contribution >= 0.6 is 22.9 Å². The second-order valence-electron chi connectivity index (χ2n) is 5.63. The van der Waals surface area contributed by atoms with Crippen LogP contribution in [-0.2, 0) is 12.8 Å². The highest BCUT2D eigenvalue weighted by atomic mass is 35.5. The normalized spacial score (nSPS) is 12.6. The molecule has 0 spiro atoms. The molecule has 2 aromatic heterocycles. The van der Waals surface area contributed by atoms with Crippen molar-refractivity contribution in [2.24, 2.45) is 0 Å². The summed E-state index contributed by atoms with van der Waals surface area (Å²) in [5, 5.41) is 6.75. The Morgan fingerprint density at radius 1 is 1.38 bits per heavy atom. The minimum atomic E-state index is -0.150. The van der Waals surface area contributed by atoms with Gasteiger partial charge >= 0.3 is 0 Å². The Balaban J connectivity index is 1.73. The lowest BCUT2D eigenvalue weighted by atomic mass is 9.95. The fourth-order valence-corrected chi connectivity index (χ4v) is 4.17. The van der Waals surface area contributed by atoms with Gasteiger partial charge in [-0.2, -0.15) is 0 Å². The number of halogens is 1. The molecule has 0 fully saturated rings. The third kappa shape index (κ3) is 2.44. The highest BCUT2D eigenvalue weighted by molar-refractivity contribution is 7.10. The molecule has 0 radical (unpaired) electrons. The van der Waals surface area contributed by atoms with Gasteiger partial charge in [-0.15, -0.1) is 11.3 Å². The first kappa shape index (κ1) is 15.4. The molecule has 0 saturated carbocycles. The maximum atomic E-state index is 13.0. The lowest BCUT2D eigenvalue weighted by Crippen LogP contribution is -2.31. The summed E-state index contributed by atoms with van der Waals surface area (Å²) in [7, 11) is 0. The standard InChI is InChI=1S/C18H15ClN2O2S/c1-2-21(12-5-3-4-11(19)10-12)18(22)16-14-6-7-15-13(8-9-24-15)17(14)23-20-16/h3-5,8-10H,2,6-7H2,1H3. The number of anilines is 1. The van der Waals surface area contributed by atoms with Crippen LogP contribution in [0.5, 0.6) is 0 Å². The summed E-state index contributed by atoms with van der Waals surface area (Å²) in [5.74, 6) is 0.589. The van der Waals surface area contributed by atoms with E-state index in [-0.39, 0.29) is 5.91 Å². The summed E-state index contributed by atoms with van der Waals surface area (Å²) in [6.07, 6.45) is 1.70. The minimum Gasteiger partial charge on any atom is -0.355 e. The van der Waals surface area contributed by atoms with Crippen molar-refractivity contribution >= 4 is 34.5 Å². The molecule has 4 nitrogen and oxygen atoms in total. The number of aryl methyl sites for hydroxylation is 1. The summed E-state index contributed by atoms with van der Waals surface area (Å²) < 4.78 is 5.53. The molecule has 24 heavy (non-hydrogen) atoms. The van der Waals surface area contributed by atoms with Gasteiger partial charge in [0.25, 0.3) is 5.91 Å². The van der Waals surface area contributed by atoms with Gasteiger partial charge in [0.05, 0.1) is 0 Å². The predicted molar refractivity (Wildman–Crippen MR) is 96.0 cm³/mol. The second kappa shape index (κ2) is 6.07. The van der Waals surface area contributed by atoms with Gasteiger partial charge in [0, 0.05) is 33.3 Å². The predicted octanol–water partition coefficient (Wildman–Crippen LogP) is 4.82. The van der Waals surface area contributed by atoms with E-state index in [1.807, 2.05) is 30.5 Å². The van der Waals surface area contributed by atoms with Crippen molar-refractivity contribution in [1.82, 2.24) is 5.16 Å². The summed E-state index contributed by atoms with van der Waals surface area (Å²) in [4.78, 5) is 16.0. The van der Waals surface area contributed by atoms with Crippen LogP contribution in [0.4, 0.5) is 5.69 Å². The zero-order valence-electron chi connectivity index (χ0n) is 13.1. The van der Waals surface area contributed by atoms with E-state index >= 15 is 0 Å². The largest absolute Gasteiger partial charge is 0.355 e. The fraction of sp³-hybridized carbons (Fsp3) is 0.222. The molecule has 6 heteroatoms. The van der Waals surface area contributed by atoms with E-state index < -0.39 is 0 Å². The van der Waals surface area contributed by atoms with Gasteiger partial charge in [-0.05, 0) is 49.4 Å². The molecule has 3 aromatic rings. The molecule has 0 saturated heterocycles. The van der Waals surface area contributed by atoms with Gasteiger partial charge in [0.2, 0.25) is 0 Å². The van der Waals surface area contributed by atoms with Gasteiger partial charge in [-0.25, -0.2) is 0 Å². The Bertz CT molecular complexity index is 915. The van der Waals surface area contributed by atoms with Crippen LogP contribution in [0.15, 0.2) is 40.2 Å². The number of nitrogens with zero attached hydrogens (tertiary/aromatic N) is 2. The van der Waals surface area contributed by atoms with Crippen LogP contribution in [0, 0.1) is 0 Å². The van der Waals surface area contributed by atoms with Crippen molar-refractivity contribution in [3.05, 3.63) is 56.9 Å². The fourth-order valence-electron chi connectivity index (χ4n) is 3.11. The van der Waals surface area contributed by atoms with Gasteiger partial charge in [-0.1, -0.05) is 22.8 Å². The van der Waals surface area contributed by atoms with E-state index in [0.29, 0.717) is 17.3 Å². The second-order valence-corrected chi connectivity index (χ2v) is 7.06. The molecule has 1 aliphatic carbocycles. The van der Waals surface area contributed by atoms with Crippen molar-refractivity contribution < 1.29 is 9.32 Å². The Hall–Kier alpha value is -2.11. The number of thiophene rings is 1. The molecule has 0 aliphatic heterocycles. The molecule has 1 amide bonds. The molecule has 0 unspecified atom stereocenters. The molecule has 122 valence electrons. The first-order valence-corrected chi connectivity index (χ1v) is 9.07. The van der Waals surface area contributed by atoms with Crippen LogP contribution in [0.2, 0.25) is 5.02 Å². The number of hydrogen-bond donors (Lipinski definition) is 0. The summed E-state index contributed by atoms with van der Waals surface area (Å²) in [6, 6.07) is 9.32. The molecule has 1 aromatic carbocycles. The van der Waals surface area contributed by atoms with Crippen LogP contribution in [0.1, 0.15) is 27.9 Å². The van der Waals surface area contributed by atoms with Gasteiger partial charge in [0.1, 0.15) is 0 Å². The van der Waals surface area contributed by atoms with Crippen molar-refractivity contribution in [3.63, 3.8) is 0 Å². The molecule has 4 rings (SSSR count). The third-order valence-corrected chi connectivity index (χ3v) is 5.48. The van der Waals surface area contributed by atoms with Crippen molar-refractivity contribution in [1.29, 1.82) is 0 Å². The van der Waals surface area contributed by atoms with E-state index in [2.05, 4.69) is 5.16 Å². The maximum absolute atomic E-state index is 13.0. The number of hydrogen-bond acceptors (Lipinski definition) is 4. The van der Waals surface area contributed by atoms with Crippen LogP contribution in [0.25, 0.3) is 11.3 Å². The number of carbonyl (C=O) groups is 1. The number of benzene rings is 1. The highest BCUT2D eigenvalue weighted by Gasteiger charge is 2.30. The first-order chi connectivity index (χ1) is 11.7. The highest BCUT2D eigenvalue weighted by Crippen LogP contribution is 2.38. The number of carbonyl (C=O) groups excluding carboxylic acids is 1. The van der Waals surface area contributed by atoms with Crippen molar-refractivity contribution in [2.75, 3.05) is 11.4 Å². The Kier molecular flexibility index (Phi) is 3.90. The van der Waals surface area contributed by atoms with Crippen molar-refractivity contribution in [3.8, 4) is 11.3 Å². The Morgan fingerprint density at radius 2 is 2.25 bits per heavy atom. The summed E-state index contributed by atoms with van der Waals surface area (Å²) in [6.45, 7) is 2.47. The smallest absolute Gasteiger partial charge is 0.280 e. The van der Waals surface area contributed by atoms with E-state index in [0.717, 1.165) is 35.4 Å². The van der Waals surface area contributed by atoms with E-state index in [9.17, 15) is 4.79 Å². The van der Waals surface area contributed by atoms with E-state index in [1.54, 1.807) is 28.4 Å². The Morgan fingerprint density at radius 3 is 3.04 bits per heavy atom. The van der Waals surface area contributed by atoms with Crippen LogP contribution in [-0.4, -0.2) is 17.6 Å². The van der Waals surface area contributed by atoms with Crippen LogP contribution in [0.3, 0.4) is 0 Å². The lowest BCUT2D eigenvalue weighted by molar-refractivity contribution is 0.0979. The third-order valence-electron chi connectivity index (χ3n) is 4.26. The SMILES string of the molecule is CCN(C(=O)c1noc2c1CCc1sccc1-2)c1cccc(Cl)c1.